The van der Waals surface area contributed by atoms with E-state index >= 15 is 0 Å². The van der Waals surface area contributed by atoms with Crippen LogP contribution in [0.15, 0.2) is 24.3 Å². The van der Waals surface area contributed by atoms with Gasteiger partial charge in [-0.1, -0.05) is 25.5 Å². The van der Waals surface area contributed by atoms with Gasteiger partial charge in [0.05, 0.1) is 17.6 Å². The molecule has 1 aliphatic rings. The second-order valence-electron chi connectivity index (χ2n) is 5.93. The highest BCUT2D eigenvalue weighted by atomic mass is 32.2. The molecule has 0 amide bonds. The van der Waals surface area contributed by atoms with Gasteiger partial charge in [0.25, 0.3) is 0 Å². The van der Waals surface area contributed by atoms with Gasteiger partial charge in [-0.15, -0.1) is 0 Å². The average Bonchev–Trinajstić information content (AvgIpc) is 2.97. The molecule has 0 saturated heterocycles. The minimum atomic E-state index is -2.92. The fourth-order valence-corrected chi connectivity index (χ4v) is 4.19. The van der Waals surface area contributed by atoms with E-state index in [4.69, 9.17) is 4.74 Å². The van der Waals surface area contributed by atoms with Gasteiger partial charge in [-0.25, -0.2) is 8.42 Å². The molecule has 4 heteroatoms. The Kier molecular flexibility index (Phi) is 6.09. The van der Waals surface area contributed by atoms with Gasteiger partial charge in [-0.3, -0.25) is 0 Å². The van der Waals surface area contributed by atoms with Crippen molar-refractivity contribution in [2.24, 2.45) is 0 Å². The number of aryl methyl sites for hydroxylation is 1. The van der Waals surface area contributed by atoms with Crippen molar-refractivity contribution in [2.75, 3.05) is 11.5 Å². The van der Waals surface area contributed by atoms with Gasteiger partial charge in [-0.2, -0.15) is 0 Å². The van der Waals surface area contributed by atoms with Gasteiger partial charge in [0, 0.05) is 0 Å². The third kappa shape index (κ3) is 5.70. The van der Waals surface area contributed by atoms with Gasteiger partial charge in [0.1, 0.15) is 5.75 Å². The minimum absolute atomic E-state index is 0.236. The Labute approximate surface area is 128 Å². The van der Waals surface area contributed by atoms with Crippen LogP contribution in [0.2, 0.25) is 0 Å². The molecule has 1 aliphatic carbocycles. The summed E-state index contributed by atoms with van der Waals surface area (Å²) in [5.74, 6) is 1.42. The number of ether oxygens (including phenoxy) is 1. The molecular weight excluding hydrogens is 284 g/mol. The standard InChI is InChI=1S/C17H26O3S/c1-2-3-12-21(18,19)13-11-15-7-6-10-17(14-15)20-16-8-4-5-9-16/h6-7,10,14,16H,2-5,8-9,11-13H2,1H3. The zero-order chi connectivity index (χ0) is 15.1. The van der Waals surface area contributed by atoms with Crippen LogP contribution in [0.1, 0.15) is 51.0 Å². The first-order valence-electron chi connectivity index (χ1n) is 8.05. The second-order valence-corrected chi connectivity index (χ2v) is 8.23. The molecule has 0 aliphatic heterocycles. The molecular formula is C17H26O3S. The molecule has 0 heterocycles. The largest absolute Gasteiger partial charge is 0.490 e. The van der Waals surface area contributed by atoms with E-state index < -0.39 is 9.84 Å². The number of hydrogen-bond donors (Lipinski definition) is 0. The van der Waals surface area contributed by atoms with E-state index in [0.717, 1.165) is 37.0 Å². The first-order chi connectivity index (χ1) is 10.1. The van der Waals surface area contributed by atoms with Gasteiger partial charge in [0.2, 0.25) is 0 Å². The summed E-state index contributed by atoms with van der Waals surface area (Å²) in [4.78, 5) is 0. The van der Waals surface area contributed by atoms with Crippen LogP contribution >= 0.6 is 0 Å². The Morgan fingerprint density at radius 3 is 2.67 bits per heavy atom. The summed E-state index contributed by atoms with van der Waals surface area (Å²) in [5.41, 5.74) is 1.05. The molecule has 0 radical (unpaired) electrons. The molecule has 0 spiro atoms. The lowest BCUT2D eigenvalue weighted by atomic mass is 10.1. The van der Waals surface area contributed by atoms with Crippen molar-refractivity contribution in [1.29, 1.82) is 0 Å². The van der Waals surface area contributed by atoms with Gasteiger partial charge < -0.3 is 4.74 Å². The number of hydrogen-bond acceptors (Lipinski definition) is 3. The normalized spacial score (nSPS) is 16.2. The average molecular weight is 310 g/mol. The van der Waals surface area contributed by atoms with Crippen LogP contribution in [-0.2, 0) is 16.3 Å². The predicted molar refractivity (Wildman–Crippen MR) is 86.6 cm³/mol. The summed E-state index contributed by atoms with van der Waals surface area (Å²) in [5, 5.41) is 0. The Hall–Kier alpha value is -1.03. The fraction of sp³-hybridized carbons (Fsp3) is 0.647. The maximum atomic E-state index is 11.9. The predicted octanol–water partition coefficient (Wildman–Crippen LogP) is 3.77. The van der Waals surface area contributed by atoms with E-state index in [0.29, 0.717) is 18.3 Å². The van der Waals surface area contributed by atoms with Crippen LogP contribution in [-0.4, -0.2) is 26.0 Å². The molecule has 21 heavy (non-hydrogen) atoms. The maximum absolute atomic E-state index is 11.9. The zero-order valence-electron chi connectivity index (χ0n) is 12.9. The lowest BCUT2D eigenvalue weighted by molar-refractivity contribution is 0.210. The van der Waals surface area contributed by atoms with Crippen LogP contribution in [0.5, 0.6) is 5.75 Å². The Bertz CT molecular complexity index is 531. The van der Waals surface area contributed by atoms with Gasteiger partial charge in [0.15, 0.2) is 9.84 Å². The number of benzene rings is 1. The molecule has 1 aromatic carbocycles. The molecule has 0 unspecified atom stereocenters. The first-order valence-corrected chi connectivity index (χ1v) is 9.87. The summed E-state index contributed by atoms with van der Waals surface area (Å²) in [6.45, 7) is 2.01. The Morgan fingerprint density at radius 1 is 1.19 bits per heavy atom. The number of unbranched alkanes of at least 4 members (excludes halogenated alkanes) is 1. The van der Waals surface area contributed by atoms with E-state index in [9.17, 15) is 8.42 Å². The summed E-state index contributed by atoms with van der Waals surface area (Å²) in [6, 6.07) is 7.90. The second kappa shape index (κ2) is 7.83. The highest BCUT2D eigenvalue weighted by Crippen LogP contribution is 2.24. The SMILES string of the molecule is CCCCS(=O)(=O)CCc1cccc(OC2CCCC2)c1. The molecule has 1 fully saturated rings. The van der Waals surface area contributed by atoms with Crippen molar-refractivity contribution in [3.63, 3.8) is 0 Å². The van der Waals surface area contributed by atoms with E-state index in [1.54, 1.807) is 0 Å². The van der Waals surface area contributed by atoms with E-state index in [1.165, 1.54) is 12.8 Å². The summed E-state index contributed by atoms with van der Waals surface area (Å²) >= 11 is 0. The fourth-order valence-electron chi connectivity index (χ4n) is 2.71. The van der Waals surface area contributed by atoms with Crippen LogP contribution in [0.25, 0.3) is 0 Å². The third-order valence-electron chi connectivity index (χ3n) is 4.01. The summed E-state index contributed by atoms with van der Waals surface area (Å²) < 4.78 is 29.8. The smallest absolute Gasteiger partial charge is 0.150 e. The van der Waals surface area contributed by atoms with Crippen LogP contribution < -0.4 is 4.74 Å². The molecule has 2 rings (SSSR count). The van der Waals surface area contributed by atoms with Crippen LogP contribution in [0.3, 0.4) is 0 Å². The van der Waals surface area contributed by atoms with Crippen molar-refractivity contribution in [3.8, 4) is 5.75 Å². The molecule has 3 nitrogen and oxygen atoms in total. The highest BCUT2D eigenvalue weighted by Gasteiger charge is 2.16. The first kappa shape index (κ1) is 16.3. The molecule has 0 atom stereocenters. The summed E-state index contributed by atoms with van der Waals surface area (Å²) in [6.07, 6.45) is 7.37. The van der Waals surface area contributed by atoms with Crippen LogP contribution in [0, 0.1) is 0 Å². The molecule has 0 N–H and O–H groups in total. The number of rotatable bonds is 8. The molecule has 0 aromatic heterocycles. The quantitative estimate of drug-likeness (QED) is 0.734. The third-order valence-corrected chi connectivity index (χ3v) is 5.75. The zero-order valence-corrected chi connectivity index (χ0v) is 13.7. The van der Waals surface area contributed by atoms with Crippen molar-refractivity contribution in [3.05, 3.63) is 29.8 Å². The summed E-state index contributed by atoms with van der Waals surface area (Å²) in [7, 11) is -2.92. The lowest BCUT2D eigenvalue weighted by Crippen LogP contribution is -2.13. The highest BCUT2D eigenvalue weighted by molar-refractivity contribution is 7.91. The van der Waals surface area contributed by atoms with Gasteiger partial charge >= 0.3 is 0 Å². The minimum Gasteiger partial charge on any atom is -0.490 e. The van der Waals surface area contributed by atoms with Crippen molar-refractivity contribution in [2.45, 2.75) is 58.0 Å². The Balaban J connectivity index is 1.88. The number of sulfone groups is 1. The molecule has 118 valence electrons. The molecule has 1 aromatic rings. The van der Waals surface area contributed by atoms with Crippen molar-refractivity contribution in [1.82, 2.24) is 0 Å². The van der Waals surface area contributed by atoms with E-state index in [-0.39, 0.29) is 5.75 Å². The van der Waals surface area contributed by atoms with E-state index in [1.807, 2.05) is 31.2 Å². The Morgan fingerprint density at radius 2 is 1.95 bits per heavy atom. The lowest BCUT2D eigenvalue weighted by Gasteiger charge is -2.13. The molecule has 0 bridgehead atoms. The van der Waals surface area contributed by atoms with Crippen molar-refractivity contribution < 1.29 is 13.2 Å². The monoisotopic (exact) mass is 310 g/mol. The maximum Gasteiger partial charge on any atom is 0.150 e. The molecule has 1 saturated carbocycles. The van der Waals surface area contributed by atoms with Gasteiger partial charge in [-0.05, 0) is 56.2 Å². The van der Waals surface area contributed by atoms with E-state index in [2.05, 4.69) is 0 Å². The van der Waals surface area contributed by atoms with Crippen LogP contribution in [0.4, 0.5) is 0 Å². The topological polar surface area (TPSA) is 43.4 Å². The van der Waals surface area contributed by atoms with Crippen molar-refractivity contribution >= 4 is 9.84 Å².